The fourth-order valence-corrected chi connectivity index (χ4v) is 5.56. The fourth-order valence-electron chi connectivity index (χ4n) is 4.55. The lowest BCUT2D eigenvalue weighted by molar-refractivity contribution is -0.189. The van der Waals surface area contributed by atoms with Crippen LogP contribution in [-0.2, 0) is 32.8 Å². The molecule has 0 saturated carbocycles. The molecule has 8 nitrogen and oxygen atoms in total. The highest BCUT2D eigenvalue weighted by Gasteiger charge is 2.48. The second kappa shape index (κ2) is 11.1. The Kier molecular flexibility index (Phi) is 8.79. The molecule has 16 heteroatoms. The van der Waals surface area contributed by atoms with Gasteiger partial charge in [0, 0.05) is 26.7 Å². The molecule has 1 fully saturated rings. The first kappa shape index (κ1) is 31.6. The quantitative estimate of drug-likeness (QED) is 0.359. The number of halogens is 7. The monoisotopic (exact) mass is 601 g/mol. The molecule has 2 N–H and O–H groups in total. The lowest BCUT2D eigenvalue weighted by Crippen LogP contribution is -2.63. The van der Waals surface area contributed by atoms with Crippen molar-refractivity contribution >= 4 is 16.2 Å². The van der Waals surface area contributed by atoms with Crippen LogP contribution in [0.2, 0.25) is 0 Å². The van der Waals surface area contributed by atoms with E-state index >= 15 is 0 Å². The van der Waals surface area contributed by atoms with Gasteiger partial charge in [-0.15, -0.1) is 5.06 Å². The minimum absolute atomic E-state index is 0.0377. The van der Waals surface area contributed by atoms with Gasteiger partial charge in [-0.3, -0.25) is 4.55 Å². The maximum Gasteiger partial charge on any atom is 0.429 e. The van der Waals surface area contributed by atoms with E-state index < -0.39 is 68.4 Å². The van der Waals surface area contributed by atoms with Gasteiger partial charge in [-0.1, -0.05) is 6.07 Å². The Hall–Kier alpha value is -2.95. The first-order valence-electron chi connectivity index (χ1n) is 11.7. The maximum absolute atomic E-state index is 13.8. The molecule has 1 heterocycles. The van der Waals surface area contributed by atoms with E-state index in [0.717, 1.165) is 29.1 Å². The summed E-state index contributed by atoms with van der Waals surface area (Å²) >= 11 is 0. The number of hydrogen-bond donors (Lipinski definition) is 2. The number of nitrogens with one attached hydrogen (secondary N) is 1. The van der Waals surface area contributed by atoms with Crippen molar-refractivity contribution in [2.75, 3.05) is 32.4 Å². The van der Waals surface area contributed by atoms with Crippen LogP contribution in [0.25, 0.3) is 0 Å². The highest BCUT2D eigenvalue weighted by Crippen LogP contribution is 2.39. The molecule has 1 aliphatic heterocycles. The van der Waals surface area contributed by atoms with Crippen LogP contribution in [0.15, 0.2) is 36.4 Å². The summed E-state index contributed by atoms with van der Waals surface area (Å²) in [6, 6.07) is 2.99. The number of carbonyl (C=O) groups excluding carboxylic acids is 1. The second-order valence-electron chi connectivity index (χ2n) is 9.48. The van der Waals surface area contributed by atoms with E-state index in [1.54, 1.807) is 0 Å². The standard InChI is InChI=1S/C24H26F7N3O5S/c1-14-8-19(25)4-5-20(14)22(13-40(36,37)38)12-32-6-7-34(22)39-21(35)33(3)15(2)16-9-17(23(26,27)28)11-18(10-16)24(29,30)31/h4-5,8-11,15,32H,6-7,12-13H2,1-3H3,(H,36,37,38)/t15-,22+/m1/s1. The third-order valence-electron chi connectivity index (χ3n) is 6.65. The van der Waals surface area contributed by atoms with Crippen LogP contribution in [0.1, 0.15) is 40.8 Å². The van der Waals surface area contributed by atoms with Crippen LogP contribution in [0.3, 0.4) is 0 Å². The van der Waals surface area contributed by atoms with Crippen molar-refractivity contribution < 1.29 is 53.3 Å². The topological polar surface area (TPSA) is 99.2 Å². The Morgan fingerprint density at radius 1 is 1.12 bits per heavy atom. The van der Waals surface area contributed by atoms with Gasteiger partial charge in [0.15, 0.2) is 0 Å². The largest absolute Gasteiger partial charge is 0.429 e. The summed E-state index contributed by atoms with van der Waals surface area (Å²) in [5, 5.41) is 3.89. The smallest absolute Gasteiger partial charge is 0.350 e. The van der Waals surface area contributed by atoms with Gasteiger partial charge in [-0.05, 0) is 60.9 Å². The highest BCUT2D eigenvalue weighted by atomic mass is 32.2. The summed E-state index contributed by atoms with van der Waals surface area (Å²) < 4.78 is 128. The molecule has 2 aromatic rings. The number of piperazine rings is 1. The van der Waals surface area contributed by atoms with Crippen LogP contribution in [0, 0.1) is 12.7 Å². The summed E-state index contributed by atoms with van der Waals surface area (Å²) in [5.74, 6) is -1.63. The molecule has 1 saturated heterocycles. The number of hydroxylamine groups is 2. The van der Waals surface area contributed by atoms with Gasteiger partial charge >= 0.3 is 18.4 Å². The molecule has 0 bridgehead atoms. The van der Waals surface area contributed by atoms with E-state index in [1.165, 1.54) is 19.9 Å². The van der Waals surface area contributed by atoms with Crippen LogP contribution < -0.4 is 5.32 Å². The predicted octanol–water partition coefficient (Wildman–Crippen LogP) is 4.90. The minimum Gasteiger partial charge on any atom is -0.350 e. The van der Waals surface area contributed by atoms with Gasteiger partial charge in [0.2, 0.25) is 0 Å². The van der Waals surface area contributed by atoms with Gasteiger partial charge in [0.1, 0.15) is 17.1 Å². The van der Waals surface area contributed by atoms with Crippen LogP contribution >= 0.6 is 0 Å². The third-order valence-corrected chi connectivity index (χ3v) is 7.49. The van der Waals surface area contributed by atoms with Crippen molar-refractivity contribution in [1.82, 2.24) is 15.3 Å². The van der Waals surface area contributed by atoms with Gasteiger partial charge in [-0.25, -0.2) is 9.18 Å². The average Bonchev–Trinajstić information content (AvgIpc) is 2.82. The molecule has 1 aliphatic rings. The molecule has 0 spiro atoms. The lowest BCUT2D eigenvalue weighted by Gasteiger charge is -2.46. The van der Waals surface area contributed by atoms with Crippen LogP contribution in [-0.4, -0.2) is 61.5 Å². The summed E-state index contributed by atoms with van der Waals surface area (Å²) in [4.78, 5) is 19.3. The average molecular weight is 602 g/mol. The van der Waals surface area contributed by atoms with Gasteiger partial charge in [0.25, 0.3) is 10.1 Å². The van der Waals surface area contributed by atoms with E-state index in [-0.39, 0.29) is 36.8 Å². The van der Waals surface area contributed by atoms with Crippen molar-refractivity contribution in [3.05, 3.63) is 70.0 Å². The zero-order chi connectivity index (χ0) is 30.3. The molecular weight excluding hydrogens is 575 g/mol. The van der Waals surface area contributed by atoms with E-state index in [4.69, 9.17) is 4.84 Å². The predicted molar refractivity (Wildman–Crippen MR) is 128 cm³/mol. The molecule has 2 aromatic carbocycles. The van der Waals surface area contributed by atoms with Crippen molar-refractivity contribution in [2.45, 2.75) is 37.8 Å². The third kappa shape index (κ3) is 7.03. The van der Waals surface area contributed by atoms with Crippen LogP contribution in [0.5, 0.6) is 0 Å². The number of nitrogens with zero attached hydrogens (tertiary/aromatic N) is 2. The van der Waals surface area contributed by atoms with Crippen LogP contribution in [0.4, 0.5) is 35.5 Å². The lowest BCUT2D eigenvalue weighted by atomic mass is 9.86. The van der Waals surface area contributed by atoms with Gasteiger partial charge in [0.05, 0.1) is 17.2 Å². The second-order valence-corrected chi connectivity index (χ2v) is 10.9. The number of amides is 1. The zero-order valence-electron chi connectivity index (χ0n) is 21.4. The Morgan fingerprint density at radius 3 is 2.20 bits per heavy atom. The highest BCUT2D eigenvalue weighted by molar-refractivity contribution is 7.85. The normalized spacial score (nSPS) is 19.8. The Morgan fingerprint density at radius 2 is 1.70 bits per heavy atom. The van der Waals surface area contributed by atoms with Crippen molar-refractivity contribution in [1.29, 1.82) is 0 Å². The van der Waals surface area contributed by atoms with Gasteiger partial charge < -0.3 is 15.1 Å². The number of benzene rings is 2. The Bertz CT molecular complexity index is 1340. The molecule has 3 rings (SSSR count). The molecule has 0 radical (unpaired) electrons. The maximum atomic E-state index is 13.8. The number of alkyl halides is 6. The summed E-state index contributed by atoms with van der Waals surface area (Å²) in [6.45, 7) is 2.50. The molecule has 1 amide bonds. The van der Waals surface area contributed by atoms with Crippen molar-refractivity contribution in [3.8, 4) is 0 Å². The van der Waals surface area contributed by atoms with E-state index in [1.807, 2.05) is 0 Å². The Labute approximate surface area is 225 Å². The van der Waals surface area contributed by atoms with Crippen molar-refractivity contribution in [2.24, 2.45) is 0 Å². The summed E-state index contributed by atoms with van der Waals surface area (Å²) in [6.07, 6.45) is -11.4. The zero-order valence-corrected chi connectivity index (χ0v) is 22.2. The van der Waals surface area contributed by atoms with Crippen molar-refractivity contribution in [3.63, 3.8) is 0 Å². The molecule has 0 unspecified atom stereocenters. The number of rotatable bonds is 6. The van der Waals surface area contributed by atoms with Gasteiger partial charge in [-0.2, -0.15) is 34.8 Å². The van der Waals surface area contributed by atoms with E-state index in [0.29, 0.717) is 12.1 Å². The molecule has 0 aliphatic carbocycles. The Balaban J connectivity index is 1.99. The van der Waals surface area contributed by atoms with E-state index in [9.17, 15) is 48.5 Å². The number of aryl methyl sites for hydroxylation is 1. The first-order chi connectivity index (χ1) is 18.2. The molecule has 40 heavy (non-hydrogen) atoms. The fraction of sp³-hybridized carbons (Fsp3) is 0.458. The number of hydrogen-bond acceptors (Lipinski definition) is 6. The minimum atomic E-state index is -5.10. The number of carbonyl (C=O) groups is 1. The summed E-state index contributed by atoms with van der Waals surface area (Å²) in [5.41, 5.74) is -4.92. The van der Waals surface area contributed by atoms with E-state index in [2.05, 4.69) is 5.32 Å². The SMILES string of the molecule is Cc1cc(F)ccc1[C@@]1(CS(=O)(=O)O)CNCCN1OC(=O)N(C)[C@H](C)c1cc(C(F)(F)F)cc(C(F)(F)F)c1. The molecule has 2 atom stereocenters. The molecule has 222 valence electrons. The molecule has 0 aromatic heterocycles. The summed E-state index contributed by atoms with van der Waals surface area (Å²) in [7, 11) is -3.66. The molecular formula is C24H26F7N3O5S. The first-order valence-corrected chi connectivity index (χ1v) is 13.3.